The molecule has 1 fully saturated rings. The molecular weight excluding hydrogens is 318 g/mol. The zero-order valence-electron chi connectivity index (χ0n) is 15.0. The van der Waals surface area contributed by atoms with E-state index in [9.17, 15) is 14.7 Å². The number of likely N-dealkylation sites (tertiary alicyclic amines) is 1. The van der Waals surface area contributed by atoms with Crippen LogP contribution < -0.4 is 5.32 Å². The molecule has 1 aromatic rings. The van der Waals surface area contributed by atoms with Crippen molar-refractivity contribution < 1.29 is 14.7 Å². The standard InChI is InChI=1S/C19H29N3O3/c1-2-3-4-5-8-16(23)21-17(19(25)22-13-6-7-14-22)18(24)15-9-11-20-12-10-15/h9-12,17-18,24H,2-8,13-14H2,1H3,(H,21,23)/t17-,18+/m1/s1. The number of hydrogen-bond donors (Lipinski definition) is 2. The van der Waals surface area contributed by atoms with E-state index in [0.29, 0.717) is 25.1 Å². The molecule has 1 aromatic heterocycles. The third-order valence-electron chi connectivity index (χ3n) is 4.62. The van der Waals surface area contributed by atoms with Crippen molar-refractivity contribution in [1.29, 1.82) is 0 Å². The minimum Gasteiger partial charge on any atom is -0.386 e. The Labute approximate surface area is 149 Å². The lowest BCUT2D eigenvalue weighted by molar-refractivity contribution is -0.139. The van der Waals surface area contributed by atoms with Crippen LogP contribution in [0.3, 0.4) is 0 Å². The highest BCUT2D eigenvalue weighted by molar-refractivity contribution is 5.88. The molecule has 2 heterocycles. The second-order valence-corrected chi connectivity index (χ2v) is 6.61. The van der Waals surface area contributed by atoms with Gasteiger partial charge in [0.05, 0.1) is 0 Å². The lowest BCUT2D eigenvalue weighted by atomic mass is 10.0. The topological polar surface area (TPSA) is 82.5 Å². The molecule has 0 aromatic carbocycles. The summed E-state index contributed by atoms with van der Waals surface area (Å²) in [5, 5.41) is 13.4. The van der Waals surface area contributed by atoms with Gasteiger partial charge in [-0.1, -0.05) is 26.2 Å². The third-order valence-corrected chi connectivity index (χ3v) is 4.62. The summed E-state index contributed by atoms with van der Waals surface area (Å²) in [5.74, 6) is -0.384. The van der Waals surface area contributed by atoms with E-state index in [1.807, 2.05) is 0 Å². The first-order chi connectivity index (χ1) is 12.1. The van der Waals surface area contributed by atoms with Gasteiger partial charge in [0.2, 0.25) is 11.8 Å². The minimum atomic E-state index is -1.07. The molecule has 1 aliphatic heterocycles. The lowest BCUT2D eigenvalue weighted by Crippen LogP contribution is -2.51. The maximum Gasteiger partial charge on any atom is 0.248 e. The SMILES string of the molecule is CCCCCCC(=O)N[C@@H](C(=O)N1CCCC1)[C@@H](O)c1ccncc1. The predicted octanol–water partition coefficient (Wildman–Crippen LogP) is 2.19. The Hall–Kier alpha value is -1.95. The zero-order chi connectivity index (χ0) is 18.1. The molecule has 2 atom stereocenters. The molecule has 0 spiro atoms. The first kappa shape index (κ1) is 19.4. The third kappa shape index (κ3) is 5.81. The van der Waals surface area contributed by atoms with Crippen molar-refractivity contribution in [3.63, 3.8) is 0 Å². The fourth-order valence-corrected chi connectivity index (χ4v) is 3.12. The van der Waals surface area contributed by atoms with Crippen LogP contribution in [0.15, 0.2) is 24.5 Å². The summed E-state index contributed by atoms with van der Waals surface area (Å²) in [4.78, 5) is 30.7. The summed E-state index contributed by atoms with van der Waals surface area (Å²) in [7, 11) is 0. The Balaban J connectivity index is 2.03. The smallest absolute Gasteiger partial charge is 0.248 e. The zero-order valence-corrected chi connectivity index (χ0v) is 15.0. The van der Waals surface area contributed by atoms with Crippen LogP contribution in [-0.4, -0.2) is 45.9 Å². The van der Waals surface area contributed by atoms with Gasteiger partial charge in [-0.2, -0.15) is 0 Å². The first-order valence-electron chi connectivity index (χ1n) is 9.29. The van der Waals surface area contributed by atoms with Gasteiger partial charge < -0.3 is 15.3 Å². The number of unbranched alkanes of at least 4 members (excludes halogenated alkanes) is 3. The van der Waals surface area contributed by atoms with Gasteiger partial charge in [0.1, 0.15) is 12.1 Å². The maximum atomic E-state index is 12.8. The van der Waals surface area contributed by atoms with Crippen LogP contribution in [-0.2, 0) is 9.59 Å². The Morgan fingerprint density at radius 1 is 1.20 bits per heavy atom. The molecule has 1 saturated heterocycles. The van der Waals surface area contributed by atoms with Gasteiger partial charge in [0, 0.05) is 31.9 Å². The van der Waals surface area contributed by atoms with Crippen LogP contribution in [0, 0.1) is 0 Å². The molecule has 2 N–H and O–H groups in total. The molecule has 0 bridgehead atoms. The molecule has 25 heavy (non-hydrogen) atoms. The summed E-state index contributed by atoms with van der Waals surface area (Å²) in [6.07, 6.45) is 8.40. The molecule has 2 rings (SSSR count). The van der Waals surface area contributed by atoms with Crippen molar-refractivity contribution in [2.24, 2.45) is 0 Å². The molecule has 6 heteroatoms. The van der Waals surface area contributed by atoms with Gasteiger partial charge in [-0.05, 0) is 37.0 Å². The van der Waals surface area contributed by atoms with Crippen LogP contribution in [0.5, 0.6) is 0 Å². The number of nitrogens with one attached hydrogen (secondary N) is 1. The van der Waals surface area contributed by atoms with E-state index in [0.717, 1.165) is 38.5 Å². The number of pyridine rings is 1. The van der Waals surface area contributed by atoms with Crippen molar-refractivity contribution >= 4 is 11.8 Å². The lowest BCUT2D eigenvalue weighted by Gasteiger charge is -2.28. The Morgan fingerprint density at radius 2 is 1.88 bits per heavy atom. The van der Waals surface area contributed by atoms with Crippen molar-refractivity contribution in [3.8, 4) is 0 Å². The van der Waals surface area contributed by atoms with Crippen LogP contribution in [0.1, 0.15) is 63.5 Å². The highest BCUT2D eigenvalue weighted by Gasteiger charge is 2.33. The van der Waals surface area contributed by atoms with Crippen molar-refractivity contribution in [3.05, 3.63) is 30.1 Å². The summed E-state index contributed by atoms with van der Waals surface area (Å²) in [6.45, 7) is 3.49. The first-order valence-corrected chi connectivity index (χ1v) is 9.29. The number of aliphatic hydroxyl groups is 1. The molecule has 0 saturated carbocycles. The van der Waals surface area contributed by atoms with E-state index in [4.69, 9.17) is 0 Å². The van der Waals surface area contributed by atoms with E-state index in [-0.39, 0.29) is 11.8 Å². The fourth-order valence-electron chi connectivity index (χ4n) is 3.12. The number of nitrogens with zero attached hydrogens (tertiary/aromatic N) is 2. The van der Waals surface area contributed by atoms with Gasteiger partial charge in [-0.15, -0.1) is 0 Å². The second kappa shape index (κ2) is 10.1. The maximum absolute atomic E-state index is 12.8. The monoisotopic (exact) mass is 347 g/mol. The van der Waals surface area contributed by atoms with E-state index in [2.05, 4.69) is 17.2 Å². The number of aliphatic hydroxyl groups excluding tert-OH is 1. The normalized spacial score (nSPS) is 16.5. The largest absolute Gasteiger partial charge is 0.386 e. The number of aromatic nitrogens is 1. The minimum absolute atomic E-state index is 0.179. The Morgan fingerprint density at radius 3 is 2.52 bits per heavy atom. The fraction of sp³-hybridized carbons (Fsp3) is 0.632. The molecule has 0 unspecified atom stereocenters. The van der Waals surface area contributed by atoms with Crippen LogP contribution >= 0.6 is 0 Å². The number of amides is 2. The second-order valence-electron chi connectivity index (χ2n) is 6.61. The predicted molar refractivity (Wildman–Crippen MR) is 95.7 cm³/mol. The van der Waals surface area contributed by atoms with Crippen molar-refractivity contribution in [2.45, 2.75) is 64.0 Å². The molecule has 1 aliphatic rings. The van der Waals surface area contributed by atoms with Crippen molar-refractivity contribution in [1.82, 2.24) is 15.2 Å². The van der Waals surface area contributed by atoms with Crippen LogP contribution in [0.4, 0.5) is 0 Å². The van der Waals surface area contributed by atoms with Gasteiger partial charge in [0.25, 0.3) is 0 Å². The summed E-state index contributed by atoms with van der Waals surface area (Å²) in [6, 6.07) is 2.39. The number of carbonyl (C=O) groups excluding carboxylic acids is 2. The molecular formula is C19H29N3O3. The Bertz CT molecular complexity index is 544. The molecule has 2 amide bonds. The highest BCUT2D eigenvalue weighted by atomic mass is 16.3. The summed E-state index contributed by atoms with van der Waals surface area (Å²) in [5.41, 5.74) is 0.582. The number of rotatable bonds is 9. The Kier molecular flexibility index (Phi) is 7.85. The molecule has 0 aliphatic carbocycles. The number of hydrogen-bond acceptors (Lipinski definition) is 4. The molecule has 138 valence electrons. The van der Waals surface area contributed by atoms with E-state index < -0.39 is 12.1 Å². The van der Waals surface area contributed by atoms with Crippen LogP contribution in [0.25, 0.3) is 0 Å². The average molecular weight is 347 g/mol. The van der Waals surface area contributed by atoms with E-state index >= 15 is 0 Å². The van der Waals surface area contributed by atoms with Gasteiger partial charge in [-0.25, -0.2) is 0 Å². The van der Waals surface area contributed by atoms with Gasteiger partial charge in [0.15, 0.2) is 0 Å². The molecule has 6 nitrogen and oxygen atoms in total. The average Bonchev–Trinajstić information content (AvgIpc) is 3.18. The molecule has 0 radical (unpaired) electrons. The van der Waals surface area contributed by atoms with Gasteiger partial charge in [-0.3, -0.25) is 14.6 Å². The van der Waals surface area contributed by atoms with Crippen molar-refractivity contribution in [2.75, 3.05) is 13.1 Å². The highest BCUT2D eigenvalue weighted by Crippen LogP contribution is 2.20. The summed E-state index contributed by atoms with van der Waals surface area (Å²) < 4.78 is 0. The van der Waals surface area contributed by atoms with E-state index in [1.165, 1.54) is 0 Å². The van der Waals surface area contributed by atoms with Gasteiger partial charge >= 0.3 is 0 Å². The van der Waals surface area contributed by atoms with Crippen LogP contribution in [0.2, 0.25) is 0 Å². The number of carbonyl (C=O) groups is 2. The summed E-state index contributed by atoms with van der Waals surface area (Å²) >= 11 is 0. The quantitative estimate of drug-likeness (QED) is 0.671. The van der Waals surface area contributed by atoms with E-state index in [1.54, 1.807) is 29.4 Å².